The zero-order chi connectivity index (χ0) is 13.1. The Morgan fingerprint density at radius 2 is 1.95 bits per heavy atom. The quantitative estimate of drug-likeness (QED) is 0.875. The maximum atomic E-state index is 11.8. The van der Waals surface area contributed by atoms with Crippen molar-refractivity contribution in [1.29, 1.82) is 0 Å². The second-order valence-corrected chi connectivity index (χ2v) is 5.50. The Bertz CT molecular complexity index is 429. The number of hydrogen-bond acceptors (Lipinski definition) is 2. The first-order valence-corrected chi connectivity index (χ1v) is 6.78. The molecule has 0 spiro atoms. The summed E-state index contributed by atoms with van der Waals surface area (Å²) in [7, 11) is 0. The van der Waals surface area contributed by atoms with Gasteiger partial charge in [-0.3, -0.25) is 4.79 Å². The smallest absolute Gasteiger partial charge is 0.224 e. The van der Waals surface area contributed by atoms with Crippen molar-refractivity contribution in [2.24, 2.45) is 11.7 Å². The van der Waals surface area contributed by atoms with Crippen LogP contribution in [0, 0.1) is 5.92 Å². The molecule has 106 valence electrons. The van der Waals surface area contributed by atoms with Gasteiger partial charge in [-0.05, 0) is 36.5 Å². The van der Waals surface area contributed by atoms with E-state index in [1.807, 2.05) is 0 Å². The van der Waals surface area contributed by atoms with Gasteiger partial charge in [-0.25, -0.2) is 0 Å². The van der Waals surface area contributed by atoms with E-state index in [4.69, 9.17) is 28.9 Å². The van der Waals surface area contributed by atoms with Crippen LogP contribution in [0.4, 0.5) is 0 Å². The van der Waals surface area contributed by atoms with Crippen LogP contribution in [-0.2, 0) is 11.2 Å². The number of benzene rings is 1. The van der Waals surface area contributed by atoms with Gasteiger partial charge in [-0.1, -0.05) is 29.3 Å². The molecular weight excluding hydrogens is 307 g/mol. The lowest BCUT2D eigenvalue weighted by Crippen LogP contribution is -2.39. The van der Waals surface area contributed by atoms with Gasteiger partial charge in [0.1, 0.15) is 0 Å². The molecule has 0 aromatic heterocycles. The van der Waals surface area contributed by atoms with Crippen LogP contribution in [0.2, 0.25) is 10.0 Å². The van der Waals surface area contributed by atoms with Gasteiger partial charge in [0, 0.05) is 22.6 Å². The Kier molecular flexibility index (Phi) is 6.40. The normalized spacial score (nSPS) is 15.5. The molecule has 1 saturated carbocycles. The minimum absolute atomic E-state index is 0. The molecule has 3 N–H and O–H groups in total. The van der Waals surface area contributed by atoms with Gasteiger partial charge in [0.05, 0.1) is 6.42 Å². The highest BCUT2D eigenvalue weighted by molar-refractivity contribution is 6.36. The number of hydrogen-bond donors (Lipinski definition) is 2. The third kappa shape index (κ3) is 4.84. The topological polar surface area (TPSA) is 55.1 Å². The SMILES string of the molecule is Cl.NC(CNC(=O)Cc1c(Cl)cccc1Cl)C1CC1. The average Bonchev–Trinajstić information content (AvgIpc) is 3.15. The first-order chi connectivity index (χ1) is 8.58. The zero-order valence-electron chi connectivity index (χ0n) is 10.4. The van der Waals surface area contributed by atoms with E-state index in [0.717, 1.165) is 0 Å². The lowest BCUT2D eigenvalue weighted by atomic mass is 10.1. The van der Waals surface area contributed by atoms with E-state index in [-0.39, 0.29) is 30.8 Å². The predicted molar refractivity (Wildman–Crippen MR) is 81.1 cm³/mol. The molecule has 19 heavy (non-hydrogen) atoms. The number of amides is 1. The first-order valence-electron chi connectivity index (χ1n) is 6.03. The van der Waals surface area contributed by atoms with E-state index in [2.05, 4.69) is 5.32 Å². The van der Waals surface area contributed by atoms with Gasteiger partial charge >= 0.3 is 0 Å². The fraction of sp³-hybridized carbons (Fsp3) is 0.462. The number of nitrogens with two attached hydrogens (primary N) is 1. The summed E-state index contributed by atoms with van der Waals surface area (Å²) < 4.78 is 0. The molecule has 0 heterocycles. The van der Waals surface area contributed by atoms with E-state index >= 15 is 0 Å². The molecule has 1 unspecified atom stereocenters. The molecule has 0 saturated heterocycles. The van der Waals surface area contributed by atoms with Crippen LogP contribution in [0.1, 0.15) is 18.4 Å². The van der Waals surface area contributed by atoms with Gasteiger partial charge < -0.3 is 11.1 Å². The molecule has 1 aromatic carbocycles. The number of carbonyl (C=O) groups excluding carboxylic acids is 1. The van der Waals surface area contributed by atoms with Crippen molar-refractivity contribution in [2.45, 2.75) is 25.3 Å². The molecule has 1 aromatic rings. The molecule has 2 rings (SSSR count). The summed E-state index contributed by atoms with van der Waals surface area (Å²) in [5, 5.41) is 3.86. The van der Waals surface area contributed by atoms with Gasteiger partial charge in [0.15, 0.2) is 0 Å². The lowest BCUT2D eigenvalue weighted by Gasteiger charge is -2.12. The van der Waals surface area contributed by atoms with Crippen molar-refractivity contribution in [1.82, 2.24) is 5.32 Å². The van der Waals surface area contributed by atoms with Crippen LogP contribution in [-0.4, -0.2) is 18.5 Å². The summed E-state index contributed by atoms with van der Waals surface area (Å²) in [6.07, 6.45) is 2.54. The highest BCUT2D eigenvalue weighted by atomic mass is 35.5. The van der Waals surface area contributed by atoms with E-state index in [0.29, 0.717) is 28.1 Å². The van der Waals surface area contributed by atoms with Crippen LogP contribution in [0.3, 0.4) is 0 Å². The number of carbonyl (C=O) groups is 1. The summed E-state index contributed by atoms with van der Waals surface area (Å²) in [5.41, 5.74) is 6.58. The maximum absolute atomic E-state index is 11.8. The largest absolute Gasteiger partial charge is 0.354 e. The van der Waals surface area contributed by atoms with Crippen LogP contribution < -0.4 is 11.1 Å². The van der Waals surface area contributed by atoms with Crippen LogP contribution >= 0.6 is 35.6 Å². The molecule has 0 bridgehead atoms. The standard InChI is InChI=1S/C13H16Cl2N2O.ClH/c14-10-2-1-3-11(15)9(10)6-13(18)17-7-12(16)8-4-5-8;/h1-3,8,12H,4-7,16H2,(H,17,18);1H. The van der Waals surface area contributed by atoms with Crippen molar-refractivity contribution in [3.8, 4) is 0 Å². The highest BCUT2D eigenvalue weighted by Crippen LogP contribution is 2.31. The molecule has 0 aliphatic heterocycles. The van der Waals surface area contributed by atoms with Gasteiger partial charge in [0.25, 0.3) is 0 Å². The summed E-state index contributed by atoms with van der Waals surface area (Å²) in [4.78, 5) is 11.8. The van der Waals surface area contributed by atoms with Crippen molar-refractivity contribution in [3.05, 3.63) is 33.8 Å². The molecular formula is C13H17Cl3N2O. The average molecular weight is 324 g/mol. The van der Waals surface area contributed by atoms with Crippen LogP contribution in [0.15, 0.2) is 18.2 Å². The summed E-state index contributed by atoms with van der Waals surface area (Å²) in [5.74, 6) is 0.482. The maximum Gasteiger partial charge on any atom is 0.224 e. The predicted octanol–water partition coefficient (Wildman–Crippen LogP) is 2.81. The van der Waals surface area contributed by atoms with Gasteiger partial charge in [-0.15, -0.1) is 12.4 Å². The molecule has 1 amide bonds. The molecule has 1 aliphatic carbocycles. The highest BCUT2D eigenvalue weighted by Gasteiger charge is 2.28. The molecule has 0 radical (unpaired) electrons. The molecule has 6 heteroatoms. The van der Waals surface area contributed by atoms with Gasteiger partial charge in [-0.2, -0.15) is 0 Å². The Hall–Kier alpha value is -0.480. The van der Waals surface area contributed by atoms with Crippen molar-refractivity contribution >= 4 is 41.5 Å². The van der Waals surface area contributed by atoms with Crippen molar-refractivity contribution < 1.29 is 4.79 Å². The second-order valence-electron chi connectivity index (χ2n) is 4.68. The Morgan fingerprint density at radius 3 is 2.47 bits per heavy atom. The molecule has 3 nitrogen and oxygen atoms in total. The minimum Gasteiger partial charge on any atom is -0.354 e. The third-order valence-corrected chi connectivity index (χ3v) is 3.87. The zero-order valence-corrected chi connectivity index (χ0v) is 12.7. The van der Waals surface area contributed by atoms with E-state index in [1.54, 1.807) is 18.2 Å². The van der Waals surface area contributed by atoms with Crippen LogP contribution in [0.5, 0.6) is 0 Å². The van der Waals surface area contributed by atoms with Crippen molar-refractivity contribution in [3.63, 3.8) is 0 Å². The second kappa shape index (κ2) is 7.34. The van der Waals surface area contributed by atoms with E-state index < -0.39 is 0 Å². The summed E-state index contributed by atoms with van der Waals surface area (Å²) >= 11 is 12.0. The molecule has 1 aliphatic rings. The van der Waals surface area contributed by atoms with E-state index in [1.165, 1.54) is 12.8 Å². The van der Waals surface area contributed by atoms with Crippen LogP contribution in [0.25, 0.3) is 0 Å². The first kappa shape index (κ1) is 16.6. The van der Waals surface area contributed by atoms with Gasteiger partial charge in [0.2, 0.25) is 5.91 Å². The number of rotatable bonds is 5. The monoisotopic (exact) mass is 322 g/mol. The Morgan fingerprint density at radius 1 is 1.37 bits per heavy atom. The Balaban J connectivity index is 0.00000180. The molecule has 1 fully saturated rings. The summed E-state index contributed by atoms with van der Waals surface area (Å²) in [6.45, 7) is 0.519. The number of nitrogens with one attached hydrogen (secondary N) is 1. The minimum atomic E-state index is -0.0962. The third-order valence-electron chi connectivity index (χ3n) is 3.16. The van der Waals surface area contributed by atoms with Crippen molar-refractivity contribution in [2.75, 3.05) is 6.54 Å². The fourth-order valence-corrected chi connectivity index (χ4v) is 2.38. The Labute approximate surface area is 129 Å². The van der Waals surface area contributed by atoms with E-state index in [9.17, 15) is 4.79 Å². The molecule has 1 atom stereocenters. The lowest BCUT2D eigenvalue weighted by molar-refractivity contribution is -0.120. The fourth-order valence-electron chi connectivity index (χ4n) is 1.85. The summed E-state index contributed by atoms with van der Waals surface area (Å²) in [6, 6.07) is 5.28. The number of halogens is 3.